The Balaban J connectivity index is 1.85. The van der Waals surface area contributed by atoms with Crippen LogP contribution in [0, 0.1) is 0 Å². The van der Waals surface area contributed by atoms with Gasteiger partial charge in [-0.3, -0.25) is 9.59 Å². The van der Waals surface area contributed by atoms with E-state index in [-0.39, 0.29) is 17.4 Å². The summed E-state index contributed by atoms with van der Waals surface area (Å²) in [5.41, 5.74) is 1.39. The van der Waals surface area contributed by atoms with Gasteiger partial charge in [-0.1, -0.05) is 6.07 Å². The molecule has 0 radical (unpaired) electrons. The van der Waals surface area contributed by atoms with E-state index in [1.807, 2.05) is 12.1 Å². The molecule has 0 amide bonds. The Morgan fingerprint density at radius 2 is 2.32 bits per heavy atom. The fourth-order valence-corrected chi connectivity index (χ4v) is 2.51. The second kappa shape index (κ2) is 4.93. The molecule has 1 saturated heterocycles. The first-order valence-corrected chi connectivity index (χ1v) is 6.46. The zero-order chi connectivity index (χ0) is 13.2. The molecule has 2 aromatic rings. The van der Waals surface area contributed by atoms with Gasteiger partial charge in [0.25, 0.3) is 5.56 Å². The Hall–Kier alpha value is -2.01. The third-order valence-corrected chi connectivity index (χ3v) is 3.53. The maximum absolute atomic E-state index is 12.1. The number of carbonyl (C=O) groups excluding carboxylic acids is 1. The van der Waals surface area contributed by atoms with Gasteiger partial charge in [0.1, 0.15) is 0 Å². The van der Waals surface area contributed by atoms with Crippen LogP contribution in [-0.4, -0.2) is 28.3 Å². The summed E-state index contributed by atoms with van der Waals surface area (Å²) in [6, 6.07) is 5.36. The fourth-order valence-electron chi connectivity index (χ4n) is 2.51. The van der Waals surface area contributed by atoms with Gasteiger partial charge in [-0.2, -0.15) is 0 Å². The lowest BCUT2D eigenvalue weighted by atomic mass is 10.0. The number of rotatable bonds is 3. The predicted octanol–water partition coefficient (Wildman–Crippen LogP) is 0.787. The molecule has 1 aromatic heterocycles. The van der Waals surface area contributed by atoms with Crippen molar-refractivity contribution in [1.29, 1.82) is 0 Å². The molecule has 0 bridgehead atoms. The highest BCUT2D eigenvalue weighted by Crippen LogP contribution is 2.13. The minimum absolute atomic E-state index is 0.0113. The number of nitrogens with one attached hydrogen (secondary N) is 2. The molecular weight excluding hydrogens is 242 g/mol. The number of aromatic amines is 1. The van der Waals surface area contributed by atoms with Crippen LogP contribution >= 0.6 is 0 Å². The van der Waals surface area contributed by atoms with E-state index < -0.39 is 0 Å². The summed E-state index contributed by atoms with van der Waals surface area (Å²) < 4.78 is 0. The first-order valence-electron chi connectivity index (χ1n) is 6.46. The lowest BCUT2D eigenvalue weighted by Gasteiger charge is -2.09. The molecule has 5 nitrogen and oxygen atoms in total. The summed E-state index contributed by atoms with van der Waals surface area (Å²) >= 11 is 0. The maximum Gasteiger partial charge on any atom is 0.258 e. The number of benzene rings is 1. The van der Waals surface area contributed by atoms with Crippen LogP contribution in [0.15, 0.2) is 29.3 Å². The highest BCUT2D eigenvalue weighted by Gasteiger charge is 2.21. The van der Waals surface area contributed by atoms with Crippen molar-refractivity contribution in [1.82, 2.24) is 15.3 Å². The summed E-state index contributed by atoms with van der Waals surface area (Å²) in [5, 5.41) is 3.76. The predicted molar refractivity (Wildman–Crippen MR) is 72.1 cm³/mol. The first kappa shape index (κ1) is 12.0. The lowest BCUT2D eigenvalue weighted by Crippen LogP contribution is -2.31. The highest BCUT2D eigenvalue weighted by atomic mass is 16.1. The lowest BCUT2D eigenvalue weighted by molar-refractivity contribution is -0.120. The van der Waals surface area contributed by atoms with Gasteiger partial charge >= 0.3 is 0 Å². The molecule has 98 valence electrons. The van der Waals surface area contributed by atoms with Gasteiger partial charge in [-0.05, 0) is 37.1 Å². The second-order valence-electron chi connectivity index (χ2n) is 4.88. The number of hydrogen-bond acceptors (Lipinski definition) is 4. The molecule has 1 atom stereocenters. The zero-order valence-electron chi connectivity index (χ0n) is 10.5. The van der Waals surface area contributed by atoms with E-state index in [9.17, 15) is 9.59 Å². The number of carbonyl (C=O) groups is 1. The number of H-pyrrole nitrogens is 1. The van der Waals surface area contributed by atoms with Gasteiger partial charge in [0.05, 0.1) is 23.3 Å². The van der Waals surface area contributed by atoms with E-state index in [1.54, 1.807) is 6.07 Å². The number of ketones is 1. The van der Waals surface area contributed by atoms with Crippen molar-refractivity contribution in [2.24, 2.45) is 0 Å². The number of Topliss-reactive ketones (excluding diaryl/α,β-unsaturated/α-hetero) is 1. The first-order chi connectivity index (χ1) is 9.24. The Morgan fingerprint density at radius 3 is 3.11 bits per heavy atom. The summed E-state index contributed by atoms with van der Waals surface area (Å²) in [4.78, 5) is 30.3. The van der Waals surface area contributed by atoms with Crippen molar-refractivity contribution in [3.63, 3.8) is 0 Å². The van der Waals surface area contributed by atoms with Crippen LogP contribution in [0.2, 0.25) is 0 Å². The molecule has 2 N–H and O–H groups in total. The largest absolute Gasteiger partial charge is 0.313 e. The summed E-state index contributed by atoms with van der Waals surface area (Å²) in [7, 11) is 0. The third-order valence-electron chi connectivity index (χ3n) is 3.53. The van der Waals surface area contributed by atoms with Crippen molar-refractivity contribution in [3.05, 3.63) is 40.4 Å². The summed E-state index contributed by atoms with van der Waals surface area (Å²) in [6.07, 6.45) is 3.76. The molecule has 1 fully saturated rings. The van der Waals surface area contributed by atoms with Crippen LogP contribution in [0.25, 0.3) is 10.9 Å². The van der Waals surface area contributed by atoms with Gasteiger partial charge in [-0.25, -0.2) is 4.98 Å². The molecule has 1 aliphatic rings. The molecule has 1 aromatic carbocycles. The van der Waals surface area contributed by atoms with Crippen LogP contribution < -0.4 is 10.9 Å². The van der Waals surface area contributed by atoms with Crippen LogP contribution in [0.1, 0.15) is 18.4 Å². The van der Waals surface area contributed by atoms with Gasteiger partial charge in [0, 0.05) is 6.42 Å². The van der Waals surface area contributed by atoms with Gasteiger partial charge in [0.15, 0.2) is 5.78 Å². The van der Waals surface area contributed by atoms with Crippen LogP contribution in [0.3, 0.4) is 0 Å². The van der Waals surface area contributed by atoms with Crippen molar-refractivity contribution in [2.75, 3.05) is 6.54 Å². The third kappa shape index (κ3) is 2.42. The van der Waals surface area contributed by atoms with Crippen molar-refractivity contribution >= 4 is 16.7 Å². The summed E-state index contributed by atoms with van der Waals surface area (Å²) in [5.74, 6) is 0.210. The number of hydrogen-bond donors (Lipinski definition) is 2. The normalized spacial score (nSPS) is 18.8. The molecular formula is C14H15N3O2. The minimum atomic E-state index is -0.152. The quantitative estimate of drug-likeness (QED) is 0.852. The SMILES string of the molecule is O=C(Cc1ccc2c(=O)[nH]cnc2c1)[C@H]1CCCN1. The van der Waals surface area contributed by atoms with E-state index in [2.05, 4.69) is 15.3 Å². The van der Waals surface area contributed by atoms with E-state index in [0.717, 1.165) is 24.9 Å². The van der Waals surface area contributed by atoms with Gasteiger partial charge in [-0.15, -0.1) is 0 Å². The molecule has 1 aliphatic heterocycles. The number of nitrogens with zero attached hydrogens (tertiary/aromatic N) is 1. The standard InChI is InChI=1S/C14H15N3O2/c18-13(11-2-1-5-15-11)7-9-3-4-10-12(6-9)16-8-17-14(10)19/h3-4,6,8,11,15H,1-2,5,7H2,(H,16,17,19)/t11-/m1/s1. The fraction of sp³-hybridized carbons (Fsp3) is 0.357. The Labute approximate surface area is 110 Å². The average Bonchev–Trinajstić information content (AvgIpc) is 2.93. The van der Waals surface area contributed by atoms with Crippen LogP contribution in [0.4, 0.5) is 0 Å². The Kier molecular flexibility index (Phi) is 3.13. The van der Waals surface area contributed by atoms with E-state index in [4.69, 9.17) is 0 Å². The van der Waals surface area contributed by atoms with Gasteiger partial charge in [0.2, 0.25) is 0 Å². The molecule has 5 heteroatoms. The molecule has 0 unspecified atom stereocenters. The Bertz CT molecular complexity index is 672. The van der Waals surface area contributed by atoms with E-state index in [0.29, 0.717) is 17.3 Å². The van der Waals surface area contributed by atoms with E-state index in [1.165, 1.54) is 6.33 Å². The molecule has 0 aliphatic carbocycles. The topological polar surface area (TPSA) is 74.8 Å². The second-order valence-corrected chi connectivity index (χ2v) is 4.88. The molecule has 2 heterocycles. The molecule has 19 heavy (non-hydrogen) atoms. The molecule has 3 rings (SSSR count). The summed E-state index contributed by atoms with van der Waals surface area (Å²) in [6.45, 7) is 0.922. The number of aromatic nitrogens is 2. The number of fused-ring (bicyclic) bond motifs is 1. The van der Waals surface area contributed by atoms with Crippen molar-refractivity contribution in [3.8, 4) is 0 Å². The van der Waals surface area contributed by atoms with Crippen molar-refractivity contribution < 1.29 is 4.79 Å². The average molecular weight is 257 g/mol. The van der Waals surface area contributed by atoms with E-state index >= 15 is 0 Å². The van der Waals surface area contributed by atoms with Gasteiger partial charge < -0.3 is 10.3 Å². The van der Waals surface area contributed by atoms with Crippen molar-refractivity contribution in [2.45, 2.75) is 25.3 Å². The Morgan fingerprint density at radius 1 is 1.42 bits per heavy atom. The van der Waals surface area contributed by atoms with Crippen LogP contribution in [0.5, 0.6) is 0 Å². The minimum Gasteiger partial charge on any atom is -0.313 e. The monoisotopic (exact) mass is 257 g/mol. The van der Waals surface area contributed by atoms with Crippen LogP contribution in [-0.2, 0) is 11.2 Å². The maximum atomic E-state index is 12.1. The smallest absolute Gasteiger partial charge is 0.258 e. The zero-order valence-corrected chi connectivity index (χ0v) is 10.5. The molecule has 0 spiro atoms. The highest BCUT2D eigenvalue weighted by molar-refractivity contribution is 5.87. The molecule has 0 saturated carbocycles.